The van der Waals surface area contributed by atoms with Gasteiger partial charge < -0.3 is 43.2 Å². The minimum absolute atomic E-state index is 0.0221. The molecule has 0 aliphatic heterocycles. The Balaban J connectivity index is 1.89. The largest absolute Gasteiger partial charge is 0.481 e. The Labute approximate surface area is 301 Å². The number of amides is 7. The fourth-order valence-electron chi connectivity index (χ4n) is 6.19. The zero-order chi connectivity index (χ0) is 37.3. The molecule has 15 nitrogen and oxygen atoms in total. The first kappa shape index (κ1) is 40.5. The van der Waals surface area contributed by atoms with E-state index in [1.165, 1.54) is 0 Å². The molecule has 16 heteroatoms. The Morgan fingerprint density at radius 2 is 1.39 bits per heavy atom. The Kier molecular flexibility index (Phi) is 16.4. The van der Waals surface area contributed by atoms with Crippen LogP contribution < -0.4 is 38.1 Å². The number of nitrogens with two attached hydrogens (primary N) is 2. The lowest BCUT2D eigenvalue weighted by molar-refractivity contribution is -0.138. The quantitative estimate of drug-likeness (QED) is 0.0727. The van der Waals surface area contributed by atoms with Crippen LogP contribution in [0.15, 0.2) is 42.5 Å². The van der Waals surface area contributed by atoms with Gasteiger partial charge in [-0.3, -0.25) is 28.8 Å². The van der Waals surface area contributed by atoms with Gasteiger partial charge in [0.25, 0.3) is 0 Å². The Morgan fingerprint density at radius 3 is 2.04 bits per heavy atom. The van der Waals surface area contributed by atoms with Gasteiger partial charge in [-0.2, -0.15) is 0 Å². The summed E-state index contributed by atoms with van der Waals surface area (Å²) in [7, 11) is 0. The molecule has 2 aromatic rings. The molecule has 4 unspecified atom stereocenters. The van der Waals surface area contributed by atoms with Gasteiger partial charge in [-0.25, -0.2) is 4.79 Å². The number of nitrogens with one attached hydrogen (secondary N) is 5. The van der Waals surface area contributed by atoms with Gasteiger partial charge in [0.2, 0.25) is 29.5 Å². The van der Waals surface area contributed by atoms with Crippen LogP contribution in [-0.4, -0.2) is 83.2 Å². The van der Waals surface area contributed by atoms with Gasteiger partial charge in [0.05, 0.1) is 0 Å². The van der Waals surface area contributed by atoms with E-state index < -0.39 is 78.0 Å². The molecule has 2 aromatic carbocycles. The highest BCUT2D eigenvalue weighted by Gasteiger charge is 2.33. The number of fused-ring (bicyclic) bond motifs is 1. The number of rotatable bonds is 20. The molecule has 0 radical (unpaired) electrons. The lowest BCUT2D eigenvalue weighted by Gasteiger charge is -2.29. The zero-order valence-corrected chi connectivity index (χ0v) is 29.2. The summed E-state index contributed by atoms with van der Waals surface area (Å²) in [6.07, 6.45) is 4.59. The molecular formula is C35H48ClN7O8. The Bertz CT molecular complexity index is 1550. The second-order valence-electron chi connectivity index (χ2n) is 12.8. The smallest absolute Gasteiger partial charge is 0.312 e. The first-order valence-corrected chi connectivity index (χ1v) is 17.7. The molecule has 10 N–H and O–H groups in total. The monoisotopic (exact) mass is 729 g/mol. The van der Waals surface area contributed by atoms with Gasteiger partial charge in [0, 0.05) is 19.4 Å². The number of hydrogen-bond donors (Lipinski definition) is 8. The Morgan fingerprint density at radius 1 is 0.765 bits per heavy atom. The van der Waals surface area contributed by atoms with Gasteiger partial charge in [-0.05, 0) is 47.9 Å². The number of primary amides is 2. The summed E-state index contributed by atoms with van der Waals surface area (Å²) in [5.41, 5.74) is 11.4. The molecule has 1 aliphatic carbocycles. The number of alkyl halides is 1. The predicted octanol–water partition coefficient (Wildman–Crippen LogP) is 1.33. The van der Waals surface area contributed by atoms with E-state index in [1.54, 1.807) is 0 Å². The van der Waals surface area contributed by atoms with Crippen LogP contribution in [0.3, 0.4) is 0 Å². The van der Waals surface area contributed by atoms with Crippen LogP contribution >= 0.6 is 11.6 Å². The number of hydrogen-bond acceptors (Lipinski definition) is 7. The van der Waals surface area contributed by atoms with Crippen LogP contribution in [0.1, 0.15) is 69.8 Å². The fourth-order valence-corrected chi connectivity index (χ4v) is 6.27. The van der Waals surface area contributed by atoms with E-state index in [4.69, 9.17) is 23.1 Å². The molecule has 0 spiro atoms. The van der Waals surface area contributed by atoms with Crippen LogP contribution in [0.25, 0.3) is 10.8 Å². The summed E-state index contributed by atoms with van der Waals surface area (Å²) in [4.78, 5) is 88.1. The second-order valence-corrected chi connectivity index (χ2v) is 13.1. The highest BCUT2D eigenvalue weighted by molar-refractivity contribution is 6.27. The lowest BCUT2D eigenvalue weighted by atomic mass is 9.84. The van der Waals surface area contributed by atoms with Crippen LogP contribution in [0.5, 0.6) is 0 Å². The first-order chi connectivity index (χ1) is 24.4. The molecule has 278 valence electrons. The number of carbonyl (C=O) groups is 7. The SMILES string of the molecule is NC(=O)NCCCC(NC(=O)C(Cc1ccc2ccccc2c1)NC(=O)C(CC1CCCCC1)NC(=O)C(CCC(=O)O)NC(=O)CCl)C(N)=O. The molecule has 1 saturated carbocycles. The third-order valence-electron chi connectivity index (χ3n) is 8.86. The van der Waals surface area contributed by atoms with E-state index in [-0.39, 0.29) is 44.6 Å². The standard InChI is InChI=1S/C35H48ClN7O8/c36-20-29(44)40-26(14-15-30(45)46)32(48)42-27(18-21-7-2-1-3-8-21)34(50)43-28(19-22-12-13-23-9-4-5-10-24(23)17-22)33(49)41-25(31(37)47)11-6-16-39-35(38)51/h4-5,9-10,12-13,17,21,25-28H,1-3,6-8,11,14-16,18-20H2,(H2,37,47)(H,40,44)(H,41,49)(H,42,48)(H,43,50)(H,45,46)(H3,38,39,51). The average Bonchev–Trinajstić information content (AvgIpc) is 3.10. The summed E-state index contributed by atoms with van der Waals surface area (Å²) in [6, 6.07) is 7.73. The van der Waals surface area contributed by atoms with E-state index in [0.717, 1.165) is 42.9 Å². The van der Waals surface area contributed by atoms with Crippen molar-refractivity contribution in [1.29, 1.82) is 0 Å². The maximum absolute atomic E-state index is 14.1. The van der Waals surface area contributed by atoms with Crippen molar-refractivity contribution >= 4 is 63.9 Å². The van der Waals surface area contributed by atoms with Crippen molar-refractivity contribution < 1.29 is 38.7 Å². The van der Waals surface area contributed by atoms with Crippen molar-refractivity contribution in [3.8, 4) is 0 Å². The number of carbonyl (C=O) groups excluding carboxylic acids is 6. The average molecular weight is 730 g/mol. The normalized spacial score (nSPS) is 15.4. The van der Waals surface area contributed by atoms with E-state index in [0.29, 0.717) is 5.56 Å². The number of urea groups is 1. The first-order valence-electron chi connectivity index (χ1n) is 17.1. The van der Waals surface area contributed by atoms with Crippen molar-refractivity contribution in [2.45, 2.75) is 94.8 Å². The molecule has 0 heterocycles. The van der Waals surface area contributed by atoms with Gasteiger partial charge in [0.1, 0.15) is 30.0 Å². The number of carboxylic acid groups (broad SMARTS) is 1. The van der Waals surface area contributed by atoms with Crippen molar-refractivity contribution in [3.63, 3.8) is 0 Å². The predicted molar refractivity (Wildman–Crippen MR) is 190 cm³/mol. The third kappa shape index (κ3) is 14.1. The highest BCUT2D eigenvalue weighted by atomic mass is 35.5. The topological polar surface area (TPSA) is 252 Å². The molecule has 7 amide bonds. The third-order valence-corrected chi connectivity index (χ3v) is 9.10. The summed E-state index contributed by atoms with van der Waals surface area (Å²) in [6.45, 7) is 0.146. The number of aliphatic carboxylic acids is 1. The molecule has 51 heavy (non-hydrogen) atoms. The maximum atomic E-state index is 14.1. The molecule has 1 fully saturated rings. The molecule has 3 rings (SSSR count). The minimum Gasteiger partial charge on any atom is -0.481 e. The summed E-state index contributed by atoms with van der Waals surface area (Å²) >= 11 is 5.62. The van der Waals surface area contributed by atoms with Gasteiger partial charge in [-0.15, -0.1) is 11.6 Å². The highest BCUT2D eigenvalue weighted by Crippen LogP contribution is 2.27. The summed E-state index contributed by atoms with van der Waals surface area (Å²) < 4.78 is 0. The van der Waals surface area contributed by atoms with Gasteiger partial charge >= 0.3 is 12.0 Å². The molecule has 1 aliphatic rings. The van der Waals surface area contributed by atoms with E-state index in [2.05, 4.69) is 26.6 Å². The molecule has 0 saturated heterocycles. The van der Waals surface area contributed by atoms with E-state index >= 15 is 0 Å². The molecule has 0 aromatic heterocycles. The summed E-state index contributed by atoms with van der Waals surface area (Å²) in [5, 5.41) is 24.0. The molecule has 4 atom stereocenters. The van der Waals surface area contributed by atoms with Crippen LogP contribution in [0.4, 0.5) is 4.79 Å². The van der Waals surface area contributed by atoms with Crippen molar-refractivity contribution in [2.24, 2.45) is 17.4 Å². The van der Waals surface area contributed by atoms with Crippen molar-refractivity contribution in [1.82, 2.24) is 26.6 Å². The van der Waals surface area contributed by atoms with Crippen LogP contribution in [0, 0.1) is 5.92 Å². The van der Waals surface area contributed by atoms with Crippen LogP contribution in [-0.2, 0) is 35.2 Å². The van der Waals surface area contributed by atoms with Crippen molar-refractivity contribution in [2.75, 3.05) is 12.4 Å². The number of halogens is 1. The van der Waals surface area contributed by atoms with Gasteiger partial charge in [0.15, 0.2) is 0 Å². The fraction of sp³-hybridized carbons (Fsp3) is 0.514. The second kappa shape index (κ2) is 20.7. The molecular weight excluding hydrogens is 682 g/mol. The number of carboxylic acids is 1. The Hall–Kier alpha value is -4.92. The number of benzene rings is 2. The molecule has 0 bridgehead atoms. The van der Waals surface area contributed by atoms with Crippen LogP contribution in [0.2, 0.25) is 0 Å². The van der Waals surface area contributed by atoms with E-state index in [1.807, 2.05) is 42.5 Å². The van der Waals surface area contributed by atoms with E-state index in [9.17, 15) is 38.7 Å². The van der Waals surface area contributed by atoms with Crippen molar-refractivity contribution in [3.05, 3.63) is 48.0 Å². The maximum Gasteiger partial charge on any atom is 0.312 e. The van der Waals surface area contributed by atoms with Gasteiger partial charge in [-0.1, -0.05) is 74.6 Å². The zero-order valence-electron chi connectivity index (χ0n) is 28.5. The minimum atomic E-state index is -1.27. The lowest BCUT2D eigenvalue weighted by Crippen LogP contribution is -2.59. The summed E-state index contributed by atoms with van der Waals surface area (Å²) in [5.74, 6) is -5.17.